The molecule has 0 bridgehead atoms. The van der Waals surface area contributed by atoms with E-state index >= 15 is 0 Å². The van der Waals surface area contributed by atoms with E-state index in [4.69, 9.17) is 4.55 Å². The Morgan fingerprint density at radius 3 is 2.40 bits per heavy atom. The van der Waals surface area contributed by atoms with Crippen LogP contribution in [0.5, 0.6) is 0 Å². The predicted octanol–water partition coefficient (Wildman–Crippen LogP) is 1.22. The Bertz CT molecular complexity index is 538. The highest BCUT2D eigenvalue weighted by Crippen LogP contribution is 2.09. The molecule has 0 saturated carbocycles. The summed E-state index contributed by atoms with van der Waals surface area (Å²) < 4.78 is 31.6. The fourth-order valence-electron chi connectivity index (χ4n) is 1.89. The van der Waals surface area contributed by atoms with Crippen LogP contribution in [-0.4, -0.2) is 29.8 Å². The molecule has 0 spiro atoms. The van der Waals surface area contributed by atoms with Crippen LogP contribution >= 0.6 is 0 Å². The van der Waals surface area contributed by atoms with E-state index in [1.165, 1.54) is 0 Å². The molecule has 1 aromatic heterocycles. The van der Waals surface area contributed by atoms with Crippen LogP contribution < -0.4 is 4.57 Å². The smallest absolute Gasteiger partial charge is 0.373 e. The molecule has 0 aromatic carbocycles. The SMILES string of the molecule is CCCCC(C(=O)O)[n+]1ccc(CCS(=O)(=O)O)cc1. The number of aliphatic carboxylic acids is 1. The molecular weight excluding hydrogens is 282 g/mol. The van der Waals surface area contributed by atoms with Crippen LogP contribution in [0.4, 0.5) is 0 Å². The van der Waals surface area contributed by atoms with Gasteiger partial charge in [0.1, 0.15) is 0 Å². The lowest BCUT2D eigenvalue weighted by Gasteiger charge is -2.07. The van der Waals surface area contributed by atoms with Gasteiger partial charge >= 0.3 is 5.97 Å². The highest BCUT2D eigenvalue weighted by Gasteiger charge is 2.25. The van der Waals surface area contributed by atoms with Crippen molar-refractivity contribution < 1.29 is 27.4 Å². The average molecular weight is 302 g/mol. The van der Waals surface area contributed by atoms with Gasteiger partial charge in [0.15, 0.2) is 12.4 Å². The number of aryl methyl sites for hydroxylation is 1. The first-order valence-electron chi connectivity index (χ1n) is 6.51. The van der Waals surface area contributed by atoms with E-state index in [0.717, 1.165) is 18.4 Å². The highest BCUT2D eigenvalue weighted by molar-refractivity contribution is 7.85. The van der Waals surface area contributed by atoms with Gasteiger partial charge in [-0.25, -0.2) is 4.79 Å². The molecule has 1 heterocycles. The van der Waals surface area contributed by atoms with E-state index in [9.17, 15) is 18.3 Å². The highest BCUT2D eigenvalue weighted by atomic mass is 32.2. The van der Waals surface area contributed by atoms with Gasteiger partial charge in [0.25, 0.3) is 16.2 Å². The summed E-state index contributed by atoms with van der Waals surface area (Å²) in [5.74, 6) is -1.22. The van der Waals surface area contributed by atoms with Gasteiger partial charge in [-0.3, -0.25) is 4.55 Å². The van der Waals surface area contributed by atoms with Crippen LogP contribution in [0.25, 0.3) is 0 Å². The lowest BCUT2D eigenvalue weighted by molar-refractivity contribution is -0.711. The molecule has 0 aliphatic heterocycles. The van der Waals surface area contributed by atoms with Gasteiger partial charge in [-0.05, 0) is 18.4 Å². The predicted molar refractivity (Wildman–Crippen MR) is 73.0 cm³/mol. The fraction of sp³-hybridized carbons (Fsp3) is 0.538. The number of pyridine rings is 1. The molecule has 1 aromatic rings. The maximum Gasteiger partial charge on any atom is 0.373 e. The normalized spacial score (nSPS) is 13.1. The van der Waals surface area contributed by atoms with Gasteiger partial charge in [0.05, 0.1) is 5.75 Å². The molecule has 0 aliphatic carbocycles. The zero-order valence-corrected chi connectivity index (χ0v) is 12.2. The summed E-state index contributed by atoms with van der Waals surface area (Å²) in [6.45, 7) is 2.00. The monoisotopic (exact) mass is 302 g/mol. The van der Waals surface area contributed by atoms with Crippen molar-refractivity contribution >= 4 is 16.1 Å². The number of hydrogen-bond acceptors (Lipinski definition) is 3. The van der Waals surface area contributed by atoms with Crippen LogP contribution in [0.15, 0.2) is 24.5 Å². The second-order valence-electron chi connectivity index (χ2n) is 4.69. The third kappa shape index (κ3) is 5.66. The molecule has 1 unspecified atom stereocenters. The van der Waals surface area contributed by atoms with Gasteiger partial charge in [0.2, 0.25) is 0 Å². The van der Waals surface area contributed by atoms with Crippen LogP contribution in [-0.2, 0) is 21.3 Å². The van der Waals surface area contributed by atoms with Crippen molar-refractivity contribution in [3.8, 4) is 0 Å². The molecule has 0 aliphatic rings. The number of carboxylic acids is 1. The Morgan fingerprint density at radius 1 is 1.35 bits per heavy atom. The van der Waals surface area contributed by atoms with E-state index < -0.39 is 22.1 Å². The maximum atomic E-state index is 11.2. The van der Waals surface area contributed by atoms with Gasteiger partial charge in [0, 0.05) is 18.6 Å². The van der Waals surface area contributed by atoms with Crippen LogP contribution in [0, 0.1) is 0 Å². The molecular formula is C13H20NO5S+. The number of rotatable bonds is 8. The maximum absolute atomic E-state index is 11.2. The first-order chi connectivity index (χ1) is 9.33. The minimum absolute atomic E-state index is 0.201. The molecule has 0 amide bonds. The molecule has 7 heteroatoms. The van der Waals surface area contributed by atoms with Crippen molar-refractivity contribution in [2.24, 2.45) is 0 Å². The van der Waals surface area contributed by atoms with E-state index in [1.54, 1.807) is 29.1 Å². The molecule has 20 heavy (non-hydrogen) atoms. The number of unbranched alkanes of at least 4 members (excludes halogenated alkanes) is 1. The molecule has 1 atom stereocenters. The minimum atomic E-state index is -3.98. The second kappa shape index (κ2) is 7.35. The lowest BCUT2D eigenvalue weighted by atomic mass is 10.1. The molecule has 2 N–H and O–H groups in total. The second-order valence-corrected chi connectivity index (χ2v) is 6.26. The third-order valence-corrected chi connectivity index (χ3v) is 3.77. The Morgan fingerprint density at radius 2 is 1.95 bits per heavy atom. The van der Waals surface area contributed by atoms with E-state index in [0.29, 0.717) is 6.42 Å². The van der Waals surface area contributed by atoms with Crippen molar-refractivity contribution in [2.45, 2.75) is 38.6 Å². The van der Waals surface area contributed by atoms with Crippen LogP contribution in [0.2, 0.25) is 0 Å². The first kappa shape index (κ1) is 16.6. The number of aromatic nitrogens is 1. The first-order valence-corrected chi connectivity index (χ1v) is 8.12. The molecule has 6 nitrogen and oxygen atoms in total. The Kier molecular flexibility index (Phi) is 6.09. The quantitative estimate of drug-likeness (QED) is 0.556. The topological polar surface area (TPSA) is 95.5 Å². The molecule has 0 fully saturated rings. The van der Waals surface area contributed by atoms with E-state index in [1.807, 2.05) is 6.92 Å². The average Bonchev–Trinajstić information content (AvgIpc) is 2.37. The standard InChI is InChI=1S/C13H19NO5S/c1-2-3-4-12(13(15)16)14-8-5-11(6-9-14)7-10-20(17,18)19/h5-6,8-9,12H,2-4,7,10H2,1H3,(H-,15,16,17,18,19)/p+1. The summed E-state index contributed by atoms with van der Waals surface area (Å²) >= 11 is 0. The summed E-state index contributed by atoms with van der Waals surface area (Å²) in [6.07, 6.45) is 5.78. The van der Waals surface area contributed by atoms with Crippen LogP contribution in [0.3, 0.4) is 0 Å². The van der Waals surface area contributed by atoms with Crippen molar-refractivity contribution in [1.82, 2.24) is 0 Å². The van der Waals surface area contributed by atoms with E-state index in [2.05, 4.69) is 0 Å². The Balaban J connectivity index is 2.75. The summed E-state index contributed by atoms with van der Waals surface area (Å²) in [7, 11) is -3.98. The van der Waals surface area contributed by atoms with E-state index in [-0.39, 0.29) is 12.2 Å². The number of carboxylic acid groups (broad SMARTS) is 1. The van der Waals surface area contributed by atoms with Gasteiger partial charge in [-0.1, -0.05) is 13.3 Å². The zero-order valence-electron chi connectivity index (χ0n) is 11.4. The van der Waals surface area contributed by atoms with Gasteiger partial charge in [-0.2, -0.15) is 13.0 Å². The number of carbonyl (C=O) groups is 1. The van der Waals surface area contributed by atoms with Crippen molar-refractivity contribution in [2.75, 3.05) is 5.75 Å². The van der Waals surface area contributed by atoms with Crippen molar-refractivity contribution in [3.63, 3.8) is 0 Å². The minimum Gasteiger partial charge on any atom is -0.476 e. The lowest BCUT2D eigenvalue weighted by Crippen LogP contribution is -2.43. The fourth-order valence-corrected chi connectivity index (χ4v) is 2.38. The summed E-state index contributed by atoms with van der Waals surface area (Å²) in [5, 5.41) is 9.20. The van der Waals surface area contributed by atoms with Gasteiger partial charge < -0.3 is 5.11 Å². The van der Waals surface area contributed by atoms with Crippen LogP contribution in [0.1, 0.15) is 37.8 Å². The Hall–Kier alpha value is -1.47. The van der Waals surface area contributed by atoms with Crippen molar-refractivity contribution in [1.29, 1.82) is 0 Å². The van der Waals surface area contributed by atoms with Crippen molar-refractivity contribution in [3.05, 3.63) is 30.1 Å². The summed E-state index contributed by atoms with van der Waals surface area (Å²) in [6, 6.07) is 2.74. The summed E-state index contributed by atoms with van der Waals surface area (Å²) in [5.41, 5.74) is 0.735. The number of nitrogens with zero attached hydrogens (tertiary/aromatic N) is 1. The number of hydrogen-bond donors (Lipinski definition) is 2. The largest absolute Gasteiger partial charge is 0.476 e. The molecule has 0 saturated heterocycles. The third-order valence-electron chi connectivity index (χ3n) is 3.05. The molecule has 1 rings (SSSR count). The van der Waals surface area contributed by atoms with Gasteiger partial charge in [-0.15, -0.1) is 0 Å². The molecule has 112 valence electrons. The molecule has 0 radical (unpaired) electrons. The Labute approximate surface area is 118 Å². The summed E-state index contributed by atoms with van der Waals surface area (Å²) in [4.78, 5) is 11.2. The zero-order chi connectivity index (χ0) is 15.2.